The van der Waals surface area contributed by atoms with Gasteiger partial charge >= 0.3 is 0 Å². The molecule has 0 bridgehead atoms. The summed E-state index contributed by atoms with van der Waals surface area (Å²) in [6.07, 6.45) is 6.61. The predicted octanol–water partition coefficient (Wildman–Crippen LogP) is 3.07. The molecule has 0 spiro atoms. The molecule has 4 heteroatoms. The van der Waals surface area contributed by atoms with E-state index in [2.05, 4.69) is 11.9 Å². The van der Waals surface area contributed by atoms with E-state index in [0.717, 1.165) is 19.0 Å². The minimum absolute atomic E-state index is 0.0934. The van der Waals surface area contributed by atoms with E-state index in [-0.39, 0.29) is 11.8 Å². The number of nitrogens with one attached hydrogen (secondary N) is 1. The number of carbonyl (C=O) groups is 2. The van der Waals surface area contributed by atoms with E-state index in [0.29, 0.717) is 17.2 Å². The van der Waals surface area contributed by atoms with Crippen molar-refractivity contribution >= 4 is 17.5 Å². The summed E-state index contributed by atoms with van der Waals surface area (Å²) in [5.41, 5.74) is 1.36. The molecular formula is C18H22N2O2. The number of likely N-dealkylation sites (tertiary alicyclic amines) is 1. The first kappa shape index (κ1) is 14.8. The first-order valence-electron chi connectivity index (χ1n) is 8.00. The van der Waals surface area contributed by atoms with Crippen molar-refractivity contribution < 1.29 is 9.59 Å². The topological polar surface area (TPSA) is 49.4 Å². The third kappa shape index (κ3) is 3.06. The van der Waals surface area contributed by atoms with Gasteiger partial charge in [0.15, 0.2) is 0 Å². The second-order valence-corrected chi connectivity index (χ2v) is 6.29. The lowest BCUT2D eigenvalue weighted by Gasteiger charge is -2.42. The summed E-state index contributed by atoms with van der Waals surface area (Å²) in [5.74, 6) is 1.38. The van der Waals surface area contributed by atoms with Crippen LogP contribution in [0.3, 0.4) is 0 Å². The normalized spacial score (nSPS) is 18.8. The summed E-state index contributed by atoms with van der Waals surface area (Å²) < 4.78 is 0. The van der Waals surface area contributed by atoms with Gasteiger partial charge in [0.25, 0.3) is 5.91 Å². The molecule has 4 nitrogen and oxygen atoms in total. The van der Waals surface area contributed by atoms with Crippen molar-refractivity contribution in [3.05, 3.63) is 42.5 Å². The molecular weight excluding hydrogens is 276 g/mol. The molecule has 116 valence electrons. The number of benzene rings is 1. The molecule has 3 rings (SSSR count). The van der Waals surface area contributed by atoms with Gasteiger partial charge in [0.05, 0.1) is 0 Å². The summed E-state index contributed by atoms with van der Waals surface area (Å²) in [7, 11) is 0. The molecule has 1 heterocycles. The lowest BCUT2D eigenvalue weighted by Crippen LogP contribution is -2.52. The molecule has 1 N–H and O–H groups in total. The molecule has 1 aromatic rings. The quantitative estimate of drug-likeness (QED) is 0.868. The van der Waals surface area contributed by atoms with Crippen LogP contribution in [-0.2, 0) is 4.79 Å². The smallest absolute Gasteiger partial charge is 0.253 e. The Morgan fingerprint density at radius 1 is 1.09 bits per heavy atom. The van der Waals surface area contributed by atoms with Gasteiger partial charge in [0, 0.05) is 24.3 Å². The minimum atomic E-state index is -0.249. The van der Waals surface area contributed by atoms with Crippen LogP contribution in [0.1, 0.15) is 36.0 Å². The summed E-state index contributed by atoms with van der Waals surface area (Å²) in [6.45, 7) is 5.21. The highest BCUT2D eigenvalue weighted by Crippen LogP contribution is 2.36. The van der Waals surface area contributed by atoms with Crippen molar-refractivity contribution in [2.45, 2.75) is 25.7 Å². The summed E-state index contributed by atoms with van der Waals surface area (Å²) in [5, 5.41) is 2.68. The Morgan fingerprint density at radius 2 is 1.73 bits per heavy atom. The SMILES string of the molecule is C=CC(=O)Nc1ccc(C(=O)N2CC(C3CCCC3)C2)cc1. The van der Waals surface area contributed by atoms with Crippen molar-refractivity contribution in [3.8, 4) is 0 Å². The number of hydrogen-bond donors (Lipinski definition) is 1. The molecule has 1 aromatic carbocycles. The largest absolute Gasteiger partial charge is 0.338 e. The maximum atomic E-state index is 12.4. The number of carbonyl (C=O) groups excluding carboxylic acids is 2. The van der Waals surface area contributed by atoms with Gasteiger partial charge in [-0.3, -0.25) is 9.59 Å². The highest BCUT2D eigenvalue weighted by atomic mass is 16.2. The van der Waals surface area contributed by atoms with E-state index in [1.54, 1.807) is 24.3 Å². The molecule has 2 amide bonds. The molecule has 1 aliphatic heterocycles. The van der Waals surface area contributed by atoms with Gasteiger partial charge in [-0.2, -0.15) is 0 Å². The fourth-order valence-corrected chi connectivity index (χ4v) is 3.48. The van der Waals surface area contributed by atoms with Gasteiger partial charge in [-0.1, -0.05) is 32.3 Å². The van der Waals surface area contributed by atoms with Gasteiger partial charge in [0.2, 0.25) is 5.91 Å². The first-order valence-corrected chi connectivity index (χ1v) is 8.00. The molecule has 0 unspecified atom stereocenters. The van der Waals surface area contributed by atoms with Crippen molar-refractivity contribution in [2.24, 2.45) is 11.8 Å². The Balaban J connectivity index is 1.54. The van der Waals surface area contributed by atoms with Crippen LogP contribution in [-0.4, -0.2) is 29.8 Å². The van der Waals surface area contributed by atoms with Gasteiger partial charge in [-0.15, -0.1) is 0 Å². The zero-order valence-corrected chi connectivity index (χ0v) is 12.8. The molecule has 2 aliphatic rings. The van der Waals surface area contributed by atoms with Crippen LogP contribution in [0.15, 0.2) is 36.9 Å². The average Bonchev–Trinajstić information content (AvgIpc) is 3.00. The van der Waals surface area contributed by atoms with E-state index in [1.165, 1.54) is 31.8 Å². The Hall–Kier alpha value is -2.10. The van der Waals surface area contributed by atoms with Crippen LogP contribution in [0, 0.1) is 11.8 Å². The highest BCUT2D eigenvalue weighted by molar-refractivity contribution is 5.99. The number of nitrogens with zero attached hydrogens (tertiary/aromatic N) is 1. The second kappa shape index (κ2) is 6.34. The molecule has 22 heavy (non-hydrogen) atoms. The van der Waals surface area contributed by atoms with E-state index in [4.69, 9.17) is 0 Å². The van der Waals surface area contributed by atoms with Crippen molar-refractivity contribution in [2.75, 3.05) is 18.4 Å². The maximum Gasteiger partial charge on any atom is 0.253 e. The van der Waals surface area contributed by atoms with Crippen LogP contribution < -0.4 is 5.32 Å². The summed E-state index contributed by atoms with van der Waals surface area (Å²) in [4.78, 5) is 25.6. The first-order chi connectivity index (χ1) is 10.7. The molecule has 0 aromatic heterocycles. The highest BCUT2D eigenvalue weighted by Gasteiger charge is 2.37. The fraction of sp³-hybridized carbons (Fsp3) is 0.444. The number of rotatable bonds is 4. The zero-order chi connectivity index (χ0) is 15.5. The van der Waals surface area contributed by atoms with Crippen LogP contribution in [0.25, 0.3) is 0 Å². The molecule has 1 saturated carbocycles. The monoisotopic (exact) mass is 298 g/mol. The van der Waals surface area contributed by atoms with Crippen LogP contribution in [0.4, 0.5) is 5.69 Å². The fourth-order valence-electron chi connectivity index (χ4n) is 3.48. The standard InChI is InChI=1S/C18H22N2O2/c1-2-17(21)19-16-9-7-14(8-10-16)18(22)20-11-15(12-20)13-5-3-4-6-13/h2,7-10,13,15H,1,3-6,11-12H2,(H,19,21). The third-order valence-corrected chi connectivity index (χ3v) is 4.85. The van der Waals surface area contributed by atoms with Gasteiger partial charge in [0.1, 0.15) is 0 Å². The van der Waals surface area contributed by atoms with Crippen molar-refractivity contribution in [1.82, 2.24) is 4.90 Å². The maximum absolute atomic E-state index is 12.4. The Labute approximate surface area is 131 Å². The van der Waals surface area contributed by atoms with Crippen molar-refractivity contribution in [1.29, 1.82) is 0 Å². The van der Waals surface area contributed by atoms with Gasteiger partial charge < -0.3 is 10.2 Å². The van der Waals surface area contributed by atoms with E-state index < -0.39 is 0 Å². The van der Waals surface area contributed by atoms with Gasteiger partial charge in [-0.05, 0) is 42.2 Å². The number of anilines is 1. The Bertz CT molecular complexity index is 567. The Kier molecular flexibility index (Phi) is 4.27. The third-order valence-electron chi connectivity index (χ3n) is 4.85. The lowest BCUT2D eigenvalue weighted by molar-refractivity contribution is -0.111. The molecule has 1 aliphatic carbocycles. The van der Waals surface area contributed by atoms with E-state index >= 15 is 0 Å². The average molecular weight is 298 g/mol. The van der Waals surface area contributed by atoms with E-state index in [1.807, 2.05) is 4.90 Å². The zero-order valence-electron chi connectivity index (χ0n) is 12.8. The summed E-state index contributed by atoms with van der Waals surface area (Å²) in [6, 6.07) is 7.04. The second-order valence-electron chi connectivity index (χ2n) is 6.29. The van der Waals surface area contributed by atoms with Crippen LogP contribution >= 0.6 is 0 Å². The molecule has 1 saturated heterocycles. The predicted molar refractivity (Wildman–Crippen MR) is 86.6 cm³/mol. The van der Waals surface area contributed by atoms with Crippen molar-refractivity contribution in [3.63, 3.8) is 0 Å². The molecule has 0 radical (unpaired) electrons. The Morgan fingerprint density at radius 3 is 2.32 bits per heavy atom. The number of amides is 2. The van der Waals surface area contributed by atoms with Crippen LogP contribution in [0.5, 0.6) is 0 Å². The van der Waals surface area contributed by atoms with Crippen LogP contribution in [0.2, 0.25) is 0 Å². The minimum Gasteiger partial charge on any atom is -0.338 e. The molecule has 2 fully saturated rings. The summed E-state index contributed by atoms with van der Waals surface area (Å²) >= 11 is 0. The molecule has 0 atom stereocenters. The number of hydrogen-bond acceptors (Lipinski definition) is 2. The lowest BCUT2D eigenvalue weighted by atomic mass is 9.84. The van der Waals surface area contributed by atoms with E-state index in [9.17, 15) is 9.59 Å². The van der Waals surface area contributed by atoms with Gasteiger partial charge in [-0.25, -0.2) is 0 Å².